The molecule has 2 rings (SSSR count). The first-order chi connectivity index (χ1) is 13.2. The van der Waals surface area contributed by atoms with E-state index in [1.54, 1.807) is 24.3 Å². The predicted molar refractivity (Wildman–Crippen MR) is 95.6 cm³/mol. The second-order valence-corrected chi connectivity index (χ2v) is 5.53. The second kappa shape index (κ2) is 11.9. The lowest BCUT2D eigenvalue weighted by molar-refractivity contribution is -0.137. The van der Waals surface area contributed by atoms with Gasteiger partial charge in [0.25, 0.3) is 11.8 Å². The maximum Gasteiger partial charge on any atom is 0.253 e. The number of rotatable bonds is 14. The van der Waals surface area contributed by atoms with Crippen molar-refractivity contribution in [1.82, 2.24) is 4.90 Å². The zero-order valence-corrected chi connectivity index (χ0v) is 15.0. The summed E-state index contributed by atoms with van der Waals surface area (Å²) < 4.78 is 21.5. The SMILES string of the molecule is O=Cc1ccc(OCCOCCOCCOCCN2C(=O)C=CC2=O)cc1. The molecule has 1 heterocycles. The normalized spacial score (nSPS) is 13.4. The maximum absolute atomic E-state index is 11.3. The van der Waals surface area contributed by atoms with Gasteiger partial charge in [-0.05, 0) is 24.3 Å². The van der Waals surface area contributed by atoms with Crippen LogP contribution in [0.15, 0.2) is 36.4 Å². The highest BCUT2D eigenvalue weighted by Gasteiger charge is 2.22. The van der Waals surface area contributed by atoms with E-state index in [0.29, 0.717) is 51.0 Å². The molecule has 2 amide bonds. The topological polar surface area (TPSA) is 91.4 Å². The van der Waals surface area contributed by atoms with E-state index in [9.17, 15) is 14.4 Å². The van der Waals surface area contributed by atoms with Gasteiger partial charge in [-0.15, -0.1) is 0 Å². The molecule has 1 aliphatic rings. The van der Waals surface area contributed by atoms with Crippen LogP contribution in [0.5, 0.6) is 5.75 Å². The van der Waals surface area contributed by atoms with Gasteiger partial charge < -0.3 is 18.9 Å². The molecule has 0 saturated carbocycles. The zero-order chi connectivity index (χ0) is 19.3. The van der Waals surface area contributed by atoms with Crippen molar-refractivity contribution < 1.29 is 33.3 Å². The van der Waals surface area contributed by atoms with Gasteiger partial charge in [-0.1, -0.05) is 0 Å². The monoisotopic (exact) mass is 377 g/mol. The maximum atomic E-state index is 11.3. The van der Waals surface area contributed by atoms with E-state index in [-0.39, 0.29) is 25.0 Å². The van der Waals surface area contributed by atoms with Gasteiger partial charge in [0.05, 0.1) is 46.2 Å². The van der Waals surface area contributed by atoms with Crippen LogP contribution in [-0.4, -0.2) is 75.8 Å². The van der Waals surface area contributed by atoms with Crippen LogP contribution in [0.25, 0.3) is 0 Å². The van der Waals surface area contributed by atoms with Crippen LogP contribution in [0, 0.1) is 0 Å². The van der Waals surface area contributed by atoms with Crippen LogP contribution in [0.2, 0.25) is 0 Å². The molecule has 0 aliphatic carbocycles. The van der Waals surface area contributed by atoms with E-state index in [1.807, 2.05) is 0 Å². The highest BCUT2D eigenvalue weighted by Crippen LogP contribution is 2.10. The van der Waals surface area contributed by atoms with E-state index in [0.717, 1.165) is 11.2 Å². The molecule has 0 unspecified atom stereocenters. The number of amides is 2. The van der Waals surface area contributed by atoms with E-state index in [1.165, 1.54) is 12.2 Å². The quantitative estimate of drug-likeness (QED) is 0.270. The molecule has 0 N–H and O–H groups in total. The summed E-state index contributed by atoms with van der Waals surface area (Å²) in [6.45, 7) is 3.02. The number of carbonyl (C=O) groups excluding carboxylic acids is 3. The highest BCUT2D eigenvalue weighted by molar-refractivity contribution is 6.12. The summed E-state index contributed by atoms with van der Waals surface area (Å²) in [4.78, 5) is 34.3. The van der Waals surface area contributed by atoms with E-state index in [4.69, 9.17) is 18.9 Å². The summed E-state index contributed by atoms with van der Waals surface area (Å²) in [5.74, 6) is 0.0728. The van der Waals surface area contributed by atoms with Crippen LogP contribution in [0.4, 0.5) is 0 Å². The minimum atomic E-state index is -0.307. The van der Waals surface area contributed by atoms with Gasteiger partial charge in [0, 0.05) is 17.7 Å². The van der Waals surface area contributed by atoms with Crippen molar-refractivity contribution in [3.05, 3.63) is 42.0 Å². The molecule has 8 heteroatoms. The standard InChI is InChI=1S/C19H23NO7/c21-15-16-1-3-17(4-2-16)27-14-13-26-12-11-25-10-9-24-8-7-20-18(22)5-6-19(20)23/h1-6,15H,7-14H2. The Bertz CT molecular complexity index is 624. The van der Waals surface area contributed by atoms with Crippen molar-refractivity contribution in [3.8, 4) is 5.75 Å². The zero-order valence-electron chi connectivity index (χ0n) is 15.0. The lowest BCUT2D eigenvalue weighted by Crippen LogP contribution is -2.33. The van der Waals surface area contributed by atoms with E-state index in [2.05, 4.69) is 0 Å². The molecule has 146 valence electrons. The Morgan fingerprint density at radius 3 is 1.81 bits per heavy atom. The average molecular weight is 377 g/mol. The molecule has 1 aromatic rings. The molecule has 0 saturated heterocycles. The molecule has 0 spiro atoms. The van der Waals surface area contributed by atoms with Crippen LogP contribution in [0.1, 0.15) is 10.4 Å². The summed E-state index contributed by atoms with van der Waals surface area (Å²) in [6, 6.07) is 6.85. The molecular formula is C19H23NO7. The van der Waals surface area contributed by atoms with Gasteiger partial charge in [-0.25, -0.2) is 0 Å². The van der Waals surface area contributed by atoms with Crippen LogP contribution in [0.3, 0.4) is 0 Å². The molecule has 0 aromatic heterocycles. The minimum Gasteiger partial charge on any atom is -0.491 e. The number of imide groups is 1. The third-order valence-corrected chi connectivity index (χ3v) is 3.62. The molecule has 27 heavy (non-hydrogen) atoms. The molecule has 0 fully saturated rings. The van der Waals surface area contributed by atoms with Gasteiger partial charge in [-0.3, -0.25) is 19.3 Å². The molecule has 0 atom stereocenters. The number of hydrogen-bond donors (Lipinski definition) is 0. The van der Waals surface area contributed by atoms with Crippen molar-refractivity contribution in [3.63, 3.8) is 0 Å². The number of benzene rings is 1. The number of hydrogen-bond acceptors (Lipinski definition) is 7. The van der Waals surface area contributed by atoms with Crippen LogP contribution in [-0.2, 0) is 23.8 Å². The first-order valence-electron chi connectivity index (χ1n) is 8.65. The Morgan fingerprint density at radius 2 is 1.26 bits per heavy atom. The average Bonchev–Trinajstić information content (AvgIpc) is 3.01. The number of aldehydes is 1. The highest BCUT2D eigenvalue weighted by atomic mass is 16.6. The third kappa shape index (κ3) is 7.69. The lowest BCUT2D eigenvalue weighted by Gasteiger charge is -2.13. The number of nitrogens with zero attached hydrogens (tertiary/aromatic N) is 1. The van der Waals surface area contributed by atoms with Crippen molar-refractivity contribution in [2.75, 3.05) is 52.8 Å². The summed E-state index contributed by atoms with van der Waals surface area (Å²) in [5.41, 5.74) is 0.606. The van der Waals surface area contributed by atoms with E-state index < -0.39 is 0 Å². The van der Waals surface area contributed by atoms with Gasteiger partial charge in [0.2, 0.25) is 0 Å². The summed E-state index contributed by atoms with van der Waals surface area (Å²) in [6.07, 6.45) is 3.28. The first kappa shape index (κ1) is 20.8. The lowest BCUT2D eigenvalue weighted by atomic mass is 10.2. The van der Waals surface area contributed by atoms with Gasteiger partial charge in [-0.2, -0.15) is 0 Å². The van der Waals surface area contributed by atoms with E-state index >= 15 is 0 Å². The number of ether oxygens (including phenoxy) is 4. The molecule has 1 aromatic carbocycles. The molecule has 1 aliphatic heterocycles. The number of carbonyl (C=O) groups is 3. The van der Waals surface area contributed by atoms with Crippen LogP contribution < -0.4 is 4.74 Å². The Labute approximate surface area is 157 Å². The second-order valence-electron chi connectivity index (χ2n) is 5.53. The fraction of sp³-hybridized carbons (Fsp3) is 0.421. The molecule has 8 nitrogen and oxygen atoms in total. The van der Waals surface area contributed by atoms with Crippen LogP contribution >= 0.6 is 0 Å². The molecule has 0 bridgehead atoms. The smallest absolute Gasteiger partial charge is 0.253 e. The Morgan fingerprint density at radius 1 is 0.741 bits per heavy atom. The Hall–Kier alpha value is -2.55. The van der Waals surface area contributed by atoms with Gasteiger partial charge in [0.15, 0.2) is 0 Å². The first-order valence-corrected chi connectivity index (χ1v) is 8.65. The minimum absolute atomic E-state index is 0.242. The predicted octanol–water partition coefficient (Wildman–Crippen LogP) is 0.853. The Balaban J connectivity index is 1.36. The van der Waals surface area contributed by atoms with Crippen molar-refractivity contribution >= 4 is 18.1 Å². The summed E-state index contributed by atoms with van der Waals surface area (Å²) in [5, 5.41) is 0. The van der Waals surface area contributed by atoms with Gasteiger partial charge in [0.1, 0.15) is 18.6 Å². The largest absolute Gasteiger partial charge is 0.491 e. The summed E-state index contributed by atoms with van der Waals surface area (Å²) >= 11 is 0. The summed E-state index contributed by atoms with van der Waals surface area (Å²) in [7, 11) is 0. The Kier molecular flexibility index (Phi) is 9.19. The molecule has 0 radical (unpaired) electrons. The van der Waals surface area contributed by atoms with Crippen molar-refractivity contribution in [1.29, 1.82) is 0 Å². The van der Waals surface area contributed by atoms with Gasteiger partial charge >= 0.3 is 0 Å². The third-order valence-electron chi connectivity index (χ3n) is 3.62. The molecular weight excluding hydrogens is 354 g/mol. The fourth-order valence-electron chi connectivity index (χ4n) is 2.21. The van der Waals surface area contributed by atoms with Crippen molar-refractivity contribution in [2.45, 2.75) is 0 Å². The fourth-order valence-corrected chi connectivity index (χ4v) is 2.21. The van der Waals surface area contributed by atoms with Crippen molar-refractivity contribution in [2.24, 2.45) is 0 Å².